The minimum absolute atomic E-state index is 0.0708. The van der Waals surface area contributed by atoms with E-state index in [-0.39, 0.29) is 21.2 Å². The highest BCUT2D eigenvalue weighted by atomic mass is 35.5. The summed E-state index contributed by atoms with van der Waals surface area (Å²) >= 11 is 11.2. The number of hydrogen-bond donors (Lipinski definition) is 1. The van der Waals surface area contributed by atoms with Gasteiger partial charge in [-0.1, -0.05) is 23.2 Å². The monoisotopic (exact) mass is 394 g/mol. The second kappa shape index (κ2) is 6.51. The molecule has 0 unspecified atom stereocenters. The molecule has 126 valence electrons. The Hall–Kier alpha value is -1.95. The summed E-state index contributed by atoms with van der Waals surface area (Å²) in [7, 11) is -4.19. The van der Waals surface area contributed by atoms with E-state index in [0.717, 1.165) is 24.3 Å². The average Bonchev–Trinajstić information content (AvgIpc) is 2.47. The van der Waals surface area contributed by atoms with Gasteiger partial charge < -0.3 is 0 Å². The zero-order chi connectivity index (χ0) is 18.1. The normalized spacial score (nSPS) is 11.8. The third kappa shape index (κ3) is 3.93. The van der Waals surface area contributed by atoms with Crippen LogP contribution in [0.5, 0.6) is 0 Å². The molecule has 10 heteroatoms. The SMILES string of the molecule is N#Cc1ccc(S(=O)(=O)Nc2ccc(Cl)c(C(F)(F)F)c2)cc1Cl. The van der Waals surface area contributed by atoms with Crippen LogP contribution in [0.25, 0.3) is 0 Å². The largest absolute Gasteiger partial charge is 0.417 e. The Morgan fingerprint density at radius 3 is 2.25 bits per heavy atom. The minimum atomic E-state index is -4.73. The van der Waals surface area contributed by atoms with Crippen molar-refractivity contribution >= 4 is 38.9 Å². The molecule has 0 heterocycles. The maximum atomic E-state index is 12.8. The second-order valence-corrected chi connectivity index (χ2v) is 7.05. The molecular formula is C14H7Cl2F3N2O2S. The minimum Gasteiger partial charge on any atom is -0.280 e. The molecule has 0 saturated heterocycles. The molecule has 2 rings (SSSR count). The van der Waals surface area contributed by atoms with Crippen LogP contribution < -0.4 is 4.72 Å². The van der Waals surface area contributed by atoms with Gasteiger partial charge >= 0.3 is 6.18 Å². The summed E-state index contributed by atoms with van der Waals surface area (Å²) in [5.41, 5.74) is -1.41. The average molecular weight is 395 g/mol. The summed E-state index contributed by atoms with van der Waals surface area (Å²) in [4.78, 5) is -0.296. The van der Waals surface area contributed by atoms with Crippen LogP contribution in [-0.2, 0) is 16.2 Å². The number of nitriles is 1. The third-order valence-corrected chi connectivity index (χ3v) is 4.92. The lowest BCUT2D eigenvalue weighted by Crippen LogP contribution is -2.14. The molecule has 0 aliphatic rings. The van der Waals surface area contributed by atoms with Gasteiger partial charge in [0.15, 0.2) is 0 Å². The van der Waals surface area contributed by atoms with Gasteiger partial charge in [-0.15, -0.1) is 0 Å². The molecule has 0 fully saturated rings. The fraction of sp³-hybridized carbons (Fsp3) is 0.0714. The lowest BCUT2D eigenvalue weighted by molar-refractivity contribution is -0.137. The van der Waals surface area contributed by atoms with Crippen LogP contribution in [-0.4, -0.2) is 8.42 Å². The number of halogens is 5. The van der Waals surface area contributed by atoms with E-state index in [1.54, 1.807) is 6.07 Å². The van der Waals surface area contributed by atoms with Gasteiger partial charge in [0.1, 0.15) is 6.07 Å². The molecule has 4 nitrogen and oxygen atoms in total. The number of hydrogen-bond acceptors (Lipinski definition) is 3. The van der Waals surface area contributed by atoms with Gasteiger partial charge in [0.25, 0.3) is 10.0 Å². The smallest absolute Gasteiger partial charge is 0.280 e. The summed E-state index contributed by atoms with van der Waals surface area (Å²) in [6.07, 6.45) is -4.73. The number of anilines is 1. The molecule has 0 amide bonds. The van der Waals surface area contributed by atoms with Gasteiger partial charge in [0.05, 0.1) is 26.1 Å². The summed E-state index contributed by atoms with van der Waals surface area (Å²) in [5.74, 6) is 0. The van der Waals surface area contributed by atoms with E-state index in [1.165, 1.54) is 6.07 Å². The number of rotatable bonds is 3. The van der Waals surface area contributed by atoms with E-state index in [4.69, 9.17) is 28.5 Å². The highest BCUT2D eigenvalue weighted by molar-refractivity contribution is 7.92. The van der Waals surface area contributed by atoms with Crippen LogP contribution in [0.3, 0.4) is 0 Å². The quantitative estimate of drug-likeness (QED) is 0.820. The maximum absolute atomic E-state index is 12.8. The standard InChI is InChI=1S/C14H7Cl2F3N2O2S/c15-12-4-2-9(5-11(12)14(17,18)19)21-24(22,23)10-3-1-8(7-20)13(16)6-10/h1-6,21H. The summed E-state index contributed by atoms with van der Waals surface area (Å²) in [6.45, 7) is 0. The van der Waals surface area contributed by atoms with E-state index < -0.39 is 26.8 Å². The molecule has 0 saturated carbocycles. The Kier molecular flexibility index (Phi) is 4.99. The molecule has 0 aliphatic heterocycles. The maximum Gasteiger partial charge on any atom is 0.417 e. The van der Waals surface area contributed by atoms with Gasteiger partial charge in [-0.05, 0) is 36.4 Å². The number of sulfonamides is 1. The number of nitrogens with one attached hydrogen (secondary N) is 1. The Morgan fingerprint density at radius 2 is 1.71 bits per heavy atom. The number of alkyl halides is 3. The van der Waals surface area contributed by atoms with Crippen LogP contribution in [0.15, 0.2) is 41.3 Å². The fourth-order valence-corrected chi connectivity index (χ4v) is 3.36. The van der Waals surface area contributed by atoms with E-state index in [1.807, 2.05) is 4.72 Å². The molecule has 0 aromatic heterocycles. The number of nitrogens with zero attached hydrogens (tertiary/aromatic N) is 1. The van der Waals surface area contributed by atoms with Crippen molar-refractivity contribution in [2.75, 3.05) is 4.72 Å². The van der Waals surface area contributed by atoms with Gasteiger partial charge in [-0.2, -0.15) is 18.4 Å². The van der Waals surface area contributed by atoms with Gasteiger partial charge in [0, 0.05) is 5.69 Å². The fourth-order valence-electron chi connectivity index (χ4n) is 1.77. The van der Waals surface area contributed by atoms with Crippen molar-refractivity contribution in [3.05, 3.63) is 57.6 Å². The van der Waals surface area contributed by atoms with Crippen molar-refractivity contribution in [3.63, 3.8) is 0 Å². The van der Waals surface area contributed by atoms with E-state index in [0.29, 0.717) is 6.07 Å². The first-order valence-corrected chi connectivity index (χ1v) is 8.38. The zero-order valence-corrected chi connectivity index (χ0v) is 13.9. The predicted molar refractivity (Wildman–Crippen MR) is 83.4 cm³/mol. The third-order valence-electron chi connectivity index (χ3n) is 2.90. The van der Waals surface area contributed by atoms with Crippen molar-refractivity contribution in [2.45, 2.75) is 11.1 Å². The highest BCUT2D eigenvalue weighted by Gasteiger charge is 2.33. The molecule has 0 radical (unpaired) electrons. The summed E-state index contributed by atoms with van der Waals surface area (Å²) in [6, 6.07) is 7.74. The Balaban J connectivity index is 2.40. The van der Waals surface area contributed by atoms with E-state index in [2.05, 4.69) is 0 Å². The Bertz CT molecular complexity index is 938. The molecule has 2 aromatic rings. The first-order chi connectivity index (χ1) is 11.0. The van der Waals surface area contributed by atoms with Gasteiger partial charge in [-0.25, -0.2) is 8.42 Å². The topological polar surface area (TPSA) is 70.0 Å². The molecule has 0 spiro atoms. The lowest BCUT2D eigenvalue weighted by atomic mass is 10.2. The van der Waals surface area contributed by atoms with Crippen molar-refractivity contribution in [2.24, 2.45) is 0 Å². The molecule has 0 bridgehead atoms. The first-order valence-electron chi connectivity index (χ1n) is 6.14. The van der Waals surface area contributed by atoms with Crippen LogP contribution in [0.4, 0.5) is 18.9 Å². The van der Waals surface area contributed by atoms with Crippen LogP contribution >= 0.6 is 23.2 Å². The Labute approximate surface area is 145 Å². The predicted octanol–water partition coefficient (Wildman–Crippen LogP) is 4.68. The van der Waals surface area contributed by atoms with Crippen LogP contribution in [0.2, 0.25) is 10.0 Å². The van der Waals surface area contributed by atoms with Crippen molar-refractivity contribution in [1.29, 1.82) is 5.26 Å². The Morgan fingerprint density at radius 1 is 1.04 bits per heavy atom. The zero-order valence-electron chi connectivity index (χ0n) is 11.5. The van der Waals surface area contributed by atoms with Gasteiger partial charge in [-0.3, -0.25) is 4.72 Å². The van der Waals surface area contributed by atoms with Crippen molar-refractivity contribution in [3.8, 4) is 6.07 Å². The summed E-state index contributed by atoms with van der Waals surface area (Å²) < 4.78 is 64.9. The number of benzene rings is 2. The molecule has 24 heavy (non-hydrogen) atoms. The molecule has 1 N–H and O–H groups in total. The second-order valence-electron chi connectivity index (χ2n) is 4.55. The van der Waals surface area contributed by atoms with Crippen molar-refractivity contribution in [1.82, 2.24) is 0 Å². The first kappa shape index (κ1) is 18.4. The summed E-state index contributed by atoms with van der Waals surface area (Å²) in [5, 5.41) is 8.12. The van der Waals surface area contributed by atoms with E-state index in [9.17, 15) is 21.6 Å². The molecule has 0 aliphatic carbocycles. The van der Waals surface area contributed by atoms with Gasteiger partial charge in [0.2, 0.25) is 0 Å². The van der Waals surface area contributed by atoms with Crippen LogP contribution in [0.1, 0.15) is 11.1 Å². The molecule has 2 aromatic carbocycles. The van der Waals surface area contributed by atoms with Crippen molar-refractivity contribution < 1.29 is 21.6 Å². The van der Waals surface area contributed by atoms with Crippen LogP contribution in [0, 0.1) is 11.3 Å². The molecule has 0 atom stereocenters. The molecular weight excluding hydrogens is 388 g/mol. The highest BCUT2D eigenvalue weighted by Crippen LogP contribution is 2.36. The lowest BCUT2D eigenvalue weighted by Gasteiger charge is -2.13. The van der Waals surface area contributed by atoms with E-state index >= 15 is 0 Å².